The van der Waals surface area contributed by atoms with E-state index in [1.165, 1.54) is 167 Å². The van der Waals surface area contributed by atoms with Crippen molar-refractivity contribution in [1.29, 1.82) is 0 Å². The van der Waals surface area contributed by atoms with Gasteiger partial charge >= 0.3 is 39.5 Å². The highest BCUT2D eigenvalue weighted by molar-refractivity contribution is 7.47. The maximum absolute atomic E-state index is 13.1. The van der Waals surface area contributed by atoms with Crippen molar-refractivity contribution in [3.63, 3.8) is 0 Å². The van der Waals surface area contributed by atoms with Crippen molar-refractivity contribution in [2.24, 2.45) is 23.7 Å². The Balaban J connectivity index is 5.19. The average Bonchev–Trinajstić information content (AvgIpc) is 3.22. The van der Waals surface area contributed by atoms with Crippen LogP contribution in [0.25, 0.3) is 0 Å². The predicted molar refractivity (Wildman–Crippen MR) is 377 cm³/mol. The highest BCUT2D eigenvalue weighted by atomic mass is 31.2. The fourth-order valence-corrected chi connectivity index (χ4v) is 12.8. The van der Waals surface area contributed by atoms with Crippen LogP contribution in [0.4, 0.5) is 0 Å². The minimum Gasteiger partial charge on any atom is -0.462 e. The number of ether oxygens (including phenoxy) is 4. The van der Waals surface area contributed by atoms with Crippen molar-refractivity contribution in [2.45, 2.75) is 388 Å². The normalized spacial score (nSPS) is 14.2. The van der Waals surface area contributed by atoms with Gasteiger partial charge in [0.25, 0.3) is 0 Å². The quantitative estimate of drug-likeness (QED) is 0.0222. The predicted octanol–water partition coefficient (Wildman–Crippen LogP) is 21.3. The number of unbranched alkanes of at least 4 members (excludes halogenated alkanes) is 37. The molecule has 3 N–H and O–H groups in total. The molecule has 0 rings (SSSR count). The average molecular weight is 1370 g/mol. The van der Waals surface area contributed by atoms with E-state index in [1.54, 1.807) is 0 Å². The largest absolute Gasteiger partial charge is 0.472 e. The summed E-state index contributed by atoms with van der Waals surface area (Å²) in [6.07, 6.45) is 47.6. The molecule has 0 saturated heterocycles. The second kappa shape index (κ2) is 63.5. The molecular formula is C74H144O17P2. The molecule has 0 amide bonds. The van der Waals surface area contributed by atoms with E-state index in [9.17, 15) is 43.2 Å². The molecule has 0 aliphatic carbocycles. The summed E-state index contributed by atoms with van der Waals surface area (Å²) in [6, 6.07) is 0. The van der Waals surface area contributed by atoms with E-state index < -0.39 is 97.5 Å². The van der Waals surface area contributed by atoms with Crippen molar-refractivity contribution in [3.8, 4) is 0 Å². The lowest BCUT2D eigenvalue weighted by Gasteiger charge is -2.21. The molecule has 0 aliphatic heterocycles. The number of hydrogen-bond acceptors (Lipinski definition) is 15. The number of rotatable bonds is 71. The number of aliphatic hydroxyl groups is 1. The summed E-state index contributed by atoms with van der Waals surface area (Å²) in [6.45, 7) is 14.1. The molecule has 0 aromatic heterocycles. The van der Waals surface area contributed by atoms with Crippen LogP contribution in [0.5, 0.6) is 0 Å². The zero-order chi connectivity index (χ0) is 68.9. The van der Waals surface area contributed by atoms with Crippen LogP contribution >= 0.6 is 15.6 Å². The van der Waals surface area contributed by atoms with E-state index in [2.05, 4.69) is 55.4 Å². The molecule has 0 aromatic rings. The zero-order valence-corrected chi connectivity index (χ0v) is 62.7. The number of hydrogen-bond donors (Lipinski definition) is 3. The first-order valence-electron chi connectivity index (χ1n) is 38.2. The van der Waals surface area contributed by atoms with Crippen molar-refractivity contribution in [3.05, 3.63) is 0 Å². The van der Waals surface area contributed by atoms with Gasteiger partial charge in [-0.2, -0.15) is 0 Å². The van der Waals surface area contributed by atoms with Crippen LogP contribution in [0.3, 0.4) is 0 Å². The third-order valence-electron chi connectivity index (χ3n) is 17.1. The maximum atomic E-state index is 13.1. The Kier molecular flexibility index (Phi) is 62.2. The standard InChI is InChI=1S/C74H144O17P2/c1-64(2)50-42-34-26-22-18-14-11-9-10-12-16-20-24-28-38-46-54-71(76)84-60-69(90-73(78)56-48-40-29-25-21-17-13-15-19-23-27-35-43-51-65(3)4)62-88-92(80,81)86-58-68(75)59-87-93(82,83)89-63-70(91-74(79)57-49-41-33-31-37-45-53-67(7)8)61-85-72(77)55-47-39-32-30-36-44-52-66(5)6/h64-70,75H,9-63H2,1-8H3,(H,80,81)(H,82,83)/t68-,69-,70-/m1/s1. The summed E-state index contributed by atoms with van der Waals surface area (Å²) in [5.74, 6) is 0.818. The van der Waals surface area contributed by atoms with Gasteiger partial charge in [-0.3, -0.25) is 37.3 Å². The van der Waals surface area contributed by atoms with Crippen LogP contribution in [0.15, 0.2) is 0 Å². The highest BCUT2D eigenvalue weighted by Gasteiger charge is 2.30. The van der Waals surface area contributed by atoms with E-state index in [1.807, 2.05) is 0 Å². The van der Waals surface area contributed by atoms with E-state index in [4.69, 9.17) is 37.0 Å². The summed E-state index contributed by atoms with van der Waals surface area (Å²) < 4.78 is 68.3. The highest BCUT2D eigenvalue weighted by Crippen LogP contribution is 2.45. The van der Waals surface area contributed by atoms with Gasteiger partial charge in [0.1, 0.15) is 19.3 Å². The van der Waals surface area contributed by atoms with Gasteiger partial charge in [0.15, 0.2) is 12.2 Å². The van der Waals surface area contributed by atoms with Crippen molar-refractivity contribution in [2.75, 3.05) is 39.6 Å². The number of phosphoric acid groups is 2. The minimum absolute atomic E-state index is 0.101. The first-order chi connectivity index (χ1) is 44.6. The second-order valence-electron chi connectivity index (χ2n) is 28.6. The smallest absolute Gasteiger partial charge is 0.462 e. The van der Waals surface area contributed by atoms with E-state index >= 15 is 0 Å². The van der Waals surface area contributed by atoms with E-state index in [0.717, 1.165) is 108 Å². The van der Waals surface area contributed by atoms with Crippen LogP contribution in [0.2, 0.25) is 0 Å². The lowest BCUT2D eigenvalue weighted by Crippen LogP contribution is -2.30. The molecule has 0 radical (unpaired) electrons. The summed E-state index contributed by atoms with van der Waals surface area (Å²) >= 11 is 0. The molecular weight excluding hydrogens is 1220 g/mol. The molecule has 2 unspecified atom stereocenters. The number of aliphatic hydroxyl groups excluding tert-OH is 1. The van der Waals surface area contributed by atoms with Gasteiger partial charge in [0.2, 0.25) is 0 Å². The molecule has 0 spiro atoms. The van der Waals surface area contributed by atoms with Crippen molar-refractivity contribution < 1.29 is 80.2 Å². The van der Waals surface area contributed by atoms with Crippen LogP contribution in [-0.4, -0.2) is 96.7 Å². The molecule has 0 aliphatic rings. The molecule has 0 bridgehead atoms. The molecule has 0 aromatic carbocycles. The first-order valence-corrected chi connectivity index (χ1v) is 41.2. The van der Waals surface area contributed by atoms with Crippen molar-refractivity contribution >= 4 is 39.5 Å². The van der Waals surface area contributed by atoms with Gasteiger partial charge in [-0.1, -0.05) is 319 Å². The Bertz CT molecular complexity index is 1830. The van der Waals surface area contributed by atoms with Crippen LogP contribution in [0, 0.1) is 23.7 Å². The Labute approximate surface area is 568 Å². The summed E-state index contributed by atoms with van der Waals surface area (Å²) in [7, 11) is -9.91. The third kappa shape index (κ3) is 68.4. The van der Waals surface area contributed by atoms with Gasteiger partial charge in [-0.25, -0.2) is 9.13 Å². The molecule has 0 fully saturated rings. The topological polar surface area (TPSA) is 237 Å². The summed E-state index contributed by atoms with van der Waals surface area (Å²) in [5.41, 5.74) is 0. The number of carbonyl (C=O) groups is 4. The van der Waals surface area contributed by atoms with Gasteiger partial charge in [-0.15, -0.1) is 0 Å². The molecule has 93 heavy (non-hydrogen) atoms. The van der Waals surface area contributed by atoms with E-state index in [-0.39, 0.29) is 25.7 Å². The molecule has 0 heterocycles. The first kappa shape index (κ1) is 91.1. The van der Waals surface area contributed by atoms with Gasteiger partial charge in [0.05, 0.1) is 26.4 Å². The Hall–Kier alpha value is -1.94. The molecule has 5 atom stereocenters. The number of phosphoric ester groups is 2. The third-order valence-corrected chi connectivity index (χ3v) is 19.0. The molecule has 19 heteroatoms. The Morgan fingerprint density at radius 1 is 0.269 bits per heavy atom. The van der Waals surface area contributed by atoms with Gasteiger partial charge in [-0.05, 0) is 49.4 Å². The van der Waals surface area contributed by atoms with Crippen LogP contribution in [-0.2, 0) is 65.4 Å². The summed E-state index contributed by atoms with van der Waals surface area (Å²) in [4.78, 5) is 72.6. The Morgan fingerprint density at radius 2 is 0.452 bits per heavy atom. The fourth-order valence-electron chi connectivity index (χ4n) is 11.2. The Morgan fingerprint density at radius 3 is 0.667 bits per heavy atom. The van der Waals surface area contributed by atoms with E-state index in [0.29, 0.717) is 37.5 Å². The summed E-state index contributed by atoms with van der Waals surface area (Å²) in [5, 5.41) is 10.6. The second-order valence-corrected chi connectivity index (χ2v) is 31.5. The van der Waals surface area contributed by atoms with Crippen LogP contribution < -0.4 is 0 Å². The van der Waals surface area contributed by atoms with Crippen LogP contribution in [0.1, 0.15) is 370 Å². The molecule has 17 nitrogen and oxygen atoms in total. The zero-order valence-electron chi connectivity index (χ0n) is 60.9. The minimum atomic E-state index is -4.96. The SMILES string of the molecule is CC(C)CCCCCCCCCCCCCCCCCCC(=O)OC[C@H](COP(=O)(O)OC[C@@H](O)COP(=O)(O)OC[C@@H](COC(=O)CCCCCCCCC(C)C)OC(=O)CCCCCCCCC(C)C)OC(=O)CCCCCCCCCCCCCCCC(C)C. The number of carbonyl (C=O) groups excluding carboxylic acids is 4. The molecule has 552 valence electrons. The monoisotopic (exact) mass is 1370 g/mol. The van der Waals surface area contributed by atoms with Gasteiger partial charge in [0, 0.05) is 25.7 Å². The molecule has 0 saturated carbocycles. The lowest BCUT2D eigenvalue weighted by molar-refractivity contribution is -0.161. The van der Waals surface area contributed by atoms with Gasteiger partial charge < -0.3 is 33.8 Å². The number of esters is 4. The fraction of sp³-hybridized carbons (Fsp3) is 0.946. The maximum Gasteiger partial charge on any atom is 0.472 e. The van der Waals surface area contributed by atoms with Crippen molar-refractivity contribution in [1.82, 2.24) is 0 Å². The lowest BCUT2D eigenvalue weighted by atomic mass is 10.0.